The van der Waals surface area contributed by atoms with E-state index in [9.17, 15) is 4.79 Å². The maximum atomic E-state index is 12.6. The van der Waals surface area contributed by atoms with Gasteiger partial charge < -0.3 is 10.6 Å². The Morgan fingerprint density at radius 1 is 1.44 bits per heavy atom. The molecule has 0 radical (unpaired) electrons. The molecule has 0 saturated carbocycles. The minimum Gasteiger partial charge on any atom is -0.332 e. The molecule has 2 N–H and O–H groups in total. The topological polar surface area (TPSA) is 58.7 Å². The molecular formula is C14H27N3O. The average Bonchev–Trinajstić information content (AvgIpc) is 2.33. The lowest BCUT2D eigenvalue weighted by Gasteiger charge is -2.37. The average molecular weight is 253 g/mol. The van der Waals surface area contributed by atoms with Crippen LogP contribution in [0.2, 0.25) is 0 Å². The molecule has 18 heavy (non-hydrogen) atoms. The second-order valence-electron chi connectivity index (χ2n) is 6.20. The van der Waals surface area contributed by atoms with E-state index in [1.807, 2.05) is 11.8 Å². The van der Waals surface area contributed by atoms with E-state index in [1.165, 1.54) is 0 Å². The molecule has 2 atom stereocenters. The Kier molecular flexibility index (Phi) is 4.91. The number of nitrogens with two attached hydrogens (primary N) is 1. The van der Waals surface area contributed by atoms with Crippen LogP contribution in [0.1, 0.15) is 53.9 Å². The Morgan fingerprint density at radius 3 is 2.56 bits per heavy atom. The quantitative estimate of drug-likeness (QED) is 0.838. The molecule has 104 valence electrons. The van der Waals surface area contributed by atoms with Crippen molar-refractivity contribution in [2.24, 2.45) is 16.6 Å². The van der Waals surface area contributed by atoms with E-state index in [0.717, 1.165) is 25.0 Å². The van der Waals surface area contributed by atoms with Gasteiger partial charge >= 0.3 is 0 Å². The number of carbonyl (C=O) groups excluding carboxylic acids is 1. The summed E-state index contributed by atoms with van der Waals surface area (Å²) in [6.07, 6.45) is 2.56. The second kappa shape index (κ2) is 5.83. The van der Waals surface area contributed by atoms with Crippen molar-refractivity contribution in [2.75, 3.05) is 6.54 Å². The van der Waals surface area contributed by atoms with Crippen LogP contribution >= 0.6 is 0 Å². The third-order valence-corrected chi connectivity index (χ3v) is 3.43. The van der Waals surface area contributed by atoms with Gasteiger partial charge in [-0.3, -0.25) is 9.79 Å². The zero-order valence-electron chi connectivity index (χ0n) is 12.4. The van der Waals surface area contributed by atoms with E-state index < -0.39 is 0 Å². The maximum Gasteiger partial charge on any atom is 0.229 e. The van der Waals surface area contributed by atoms with E-state index in [1.54, 1.807) is 0 Å². The highest BCUT2D eigenvalue weighted by Gasteiger charge is 2.36. The third-order valence-electron chi connectivity index (χ3n) is 3.43. The highest BCUT2D eigenvalue weighted by Crippen LogP contribution is 2.24. The van der Waals surface area contributed by atoms with E-state index in [0.29, 0.717) is 6.54 Å². The normalized spacial score (nSPS) is 26.0. The van der Waals surface area contributed by atoms with Crippen LogP contribution in [0.5, 0.6) is 0 Å². The van der Waals surface area contributed by atoms with Gasteiger partial charge in [-0.15, -0.1) is 0 Å². The minimum absolute atomic E-state index is 0.157. The fourth-order valence-electron chi connectivity index (χ4n) is 2.32. The number of unbranched alkanes of at least 4 members (excludes halogenated alkanes) is 1. The molecule has 0 spiro atoms. The summed E-state index contributed by atoms with van der Waals surface area (Å²) in [6.45, 7) is 10.9. The zero-order chi connectivity index (χ0) is 13.9. The lowest BCUT2D eigenvalue weighted by Crippen LogP contribution is -2.51. The SMILES string of the molecule is CCCCC1C(=O)N(C(C)(C)C)CC(C)=NC1N. The standard InChI is InChI=1S/C14H27N3O/c1-6-7-8-11-12(15)16-10(2)9-17(13(11)18)14(3,4)5/h11-12H,6-9,15H2,1-5H3. The van der Waals surface area contributed by atoms with Gasteiger partial charge in [-0.05, 0) is 34.1 Å². The van der Waals surface area contributed by atoms with Crippen LogP contribution in [0.15, 0.2) is 4.99 Å². The molecule has 1 aliphatic heterocycles. The van der Waals surface area contributed by atoms with Gasteiger partial charge in [0.1, 0.15) is 6.17 Å². The molecule has 0 aromatic rings. The van der Waals surface area contributed by atoms with Crippen LogP contribution in [-0.4, -0.2) is 34.8 Å². The summed E-state index contributed by atoms with van der Waals surface area (Å²) in [5.41, 5.74) is 6.84. The molecule has 1 amide bonds. The summed E-state index contributed by atoms with van der Waals surface area (Å²) >= 11 is 0. The Bertz CT molecular complexity index is 330. The third kappa shape index (κ3) is 3.55. The minimum atomic E-state index is -0.378. The molecule has 4 heteroatoms. The molecule has 0 bridgehead atoms. The smallest absolute Gasteiger partial charge is 0.229 e. The van der Waals surface area contributed by atoms with Gasteiger partial charge in [-0.25, -0.2) is 0 Å². The Balaban J connectivity index is 2.98. The van der Waals surface area contributed by atoms with Crippen LogP contribution in [0, 0.1) is 5.92 Å². The van der Waals surface area contributed by atoms with Gasteiger partial charge in [-0.2, -0.15) is 0 Å². The summed E-state index contributed by atoms with van der Waals surface area (Å²) in [5, 5.41) is 0. The van der Waals surface area contributed by atoms with Gasteiger partial charge in [0, 0.05) is 11.3 Å². The van der Waals surface area contributed by atoms with Gasteiger partial charge in [0.25, 0.3) is 0 Å². The van der Waals surface area contributed by atoms with Crippen LogP contribution < -0.4 is 5.73 Å². The highest BCUT2D eigenvalue weighted by molar-refractivity contribution is 5.91. The lowest BCUT2D eigenvalue weighted by atomic mass is 9.95. The summed E-state index contributed by atoms with van der Waals surface area (Å²) < 4.78 is 0. The number of nitrogens with zero attached hydrogens (tertiary/aromatic N) is 2. The van der Waals surface area contributed by atoms with Crippen molar-refractivity contribution in [2.45, 2.75) is 65.6 Å². The van der Waals surface area contributed by atoms with Crippen LogP contribution in [-0.2, 0) is 4.79 Å². The van der Waals surface area contributed by atoms with Gasteiger partial charge in [0.2, 0.25) is 5.91 Å². The van der Waals surface area contributed by atoms with Crippen LogP contribution in [0.25, 0.3) is 0 Å². The van der Waals surface area contributed by atoms with Gasteiger partial charge in [-0.1, -0.05) is 19.8 Å². The summed E-state index contributed by atoms with van der Waals surface area (Å²) in [4.78, 5) is 19.0. The second-order valence-corrected chi connectivity index (χ2v) is 6.20. The lowest BCUT2D eigenvalue weighted by molar-refractivity contribution is -0.139. The van der Waals surface area contributed by atoms with Crippen molar-refractivity contribution >= 4 is 11.6 Å². The van der Waals surface area contributed by atoms with Crippen molar-refractivity contribution in [3.05, 3.63) is 0 Å². The molecule has 0 aliphatic carbocycles. The highest BCUT2D eigenvalue weighted by atomic mass is 16.2. The van der Waals surface area contributed by atoms with E-state index in [-0.39, 0.29) is 23.5 Å². The molecule has 1 heterocycles. The monoisotopic (exact) mass is 253 g/mol. The van der Waals surface area contributed by atoms with Crippen molar-refractivity contribution in [1.82, 2.24) is 4.90 Å². The van der Waals surface area contributed by atoms with Crippen molar-refractivity contribution in [3.63, 3.8) is 0 Å². The first-order chi connectivity index (χ1) is 8.27. The van der Waals surface area contributed by atoms with Crippen molar-refractivity contribution in [3.8, 4) is 0 Å². The predicted molar refractivity (Wildman–Crippen MR) is 75.6 cm³/mol. The zero-order valence-corrected chi connectivity index (χ0v) is 12.4. The molecule has 0 aromatic carbocycles. The van der Waals surface area contributed by atoms with Gasteiger partial charge in [0.05, 0.1) is 12.5 Å². The maximum absolute atomic E-state index is 12.6. The molecule has 0 aromatic heterocycles. The largest absolute Gasteiger partial charge is 0.332 e. The summed E-state index contributed by atoms with van der Waals surface area (Å²) in [7, 11) is 0. The van der Waals surface area contributed by atoms with E-state index in [4.69, 9.17) is 5.73 Å². The summed E-state index contributed by atoms with van der Waals surface area (Å²) in [5.74, 6) is -0.00863. The molecule has 0 fully saturated rings. The number of hydrogen-bond acceptors (Lipinski definition) is 3. The molecule has 1 rings (SSSR count). The Morgan fingerprint density at radius 2 is 2.06 bits per heavy atom. The molecule has 4 nitrogen and oxygen atoms in total. The van der Waals surface area contributed by atoms with Crippen LogP contribution in [0.4, 0.5) is 0 Å². The number of hydrogen-bond donors (Lipinski definition) is 1. The number of amides is 1. The first kappa shape index (κ1) is 15.2. The van der Waals surface area contributed by atoms with Gasteiger partial charge in [0.15, 0.2) is 0 Å². The number of carbonyl (C=O) groups is 1. The molecule has 1 aliphatic rings. The predicted octanol–water partition coefficient (Wildman–Crippen LogP) is 2.18. The molecule has 2 unspecified atom stereocenters. The number of aliphatic imine (C=N–C) groups is 1. The Hall–Kier alpha value is -0.900. The summed E-state index contributed by atoms with van der Waals surface area (Å²) in [6, 6.07) is 0. The van der Waals surface area contributed by atoms with Crippen LogP contribution in [0.3, 0.4) is 0 Å². The number of rotatable bonds is 3. The first-order valence-corrected chi connectivity index (χ1v) is 6.87. The molecule has 0 saturated heterocycles. The fourth-order valence-corrected chi connectivity index (χ4v) is 2.32. The first-order valence-electron chi connectivity index (χ1n) is 6.87. The molecular weight excluding hydrogens is 226 g/mol. The fraction of sp³-hybridized carbons (Fsp3) is 0.857. The van der Waals surface area contributed by atoms with E-state index >= 15 is 0 Å². The Labute approximate surface area is 111 Å². The van der Waals surface area contributed by atoms with E-state index in [2.05, 4.69) is 32.7 Å². The van der Waals surface area contributed by atoms with Crippen molar-refractivity contribution in [1.29, 1.82) is 0 Å². The van der Waals surface area contributed by atoms with Crippen molar-refractivity contribution < 1.29 is 4.79 Å².